The summed E-state index contributed by atoms with van der Waals surface area (Å²) in [5.41, 5.74) is 5.67. The number of rotatable bonds is 2. The maximum atomic E-state index is 5.67. The van der Waals surface area contributed by atoms with Crippen molar-refractivity contribution in [1.82, 2.24) is 10.1 Å². The lowest BCUT2D eigenvalue weighted by Gasteiger charge is -2.16. The molecule has 2 heterocycles. The molecule has 78 valence electrons. The summed E-state index contributed by atoms with van der Waals surface area (Å²) in [6, 6.07) is -0.175. The molecule has 4 nitrogen and oxygen atoms in total. The Balaban J connectivity index is 2.23. The molecule has 2 N–H and O–H groups in total. The summed E-state index contributed by atoms with van der Waals surface area (Å²) in [5, 5.41) is 4.00. The molecule has 0 saturated carbocycles. The van der Waals surface area contributed by atoms with Crippen LogP contribution in [0.15, 0.2) is 4.52 Å². The maximum Gasteiger partial charge on any atom is 0.243 e. The Morgan fingerprint density at radius 1 is 1.64 bits per heavy atom. The molecule has 1 aliphatic rings. The van der Waals surface area contributed by atoms with Gasteiger partial charge in [-0.3, -0.25) is 0 Å². The highest BCUT2D eigenvalue weighted by molar-refractivity contribution is 8.00. The minimum atomic E-state index is -0.175. The molecule has 0 aliphatic carbocycles. The van der Waals surface area contributed by atoms with Gasteiger partial charge in [-0.25, -0.2) is 0 Å². The molecular formula is C9H15N3OS. The molecule has 1 aromatic heterocycles. The van der Waals surface area contributed by atoms with Crippen LogP contribution in [-0.2, 0) is 4.75 Å². The van der Waals surface area contributed by atoms with Gasteiger partial charge in [0.1, 0.15) is 0 Å². The van der Waals surface area contributed by atoms with E-state index in [4.69, 9.17) is 10.3 Å². The normalized spacial score (nSPS) is 29.4. The molecule has 0 radical (unpaired) electrons. The van der Waals surface area contributed by atoms with Crippen molar-refractivity contribution in [1.29, 1.82) is 0 Å². The van der Waals surface area contributed by atoms with E-state index in [1.54, 1.807) is 0 Å². The first-order chi connectivity index (χ1) is 6.62. The summed E-state index contributed by atoms with van der Waals surface area (Å²) in [4.78, 5) is 4.34. The van der Waals surface area contributed by atoms with Gasteiger partial charge in [0, 0.05) is 0 Å². The van der Waals surface area contributed by atoms with E-state index >= 15 is 0 Å². The SMILES string of the molecule is C[C@@H](N)c1nc(C2(C)CCCS2)no1. The van der Waals surface area contributed by atoms with E-state index in [1.807, 2.05) is 18.7 Å². The van der Waals surface area contributed by atoms with Crippen molar-refractivity contribution in [2.24, 2.45) is 5.73 Å². The predicted molar refractivity (Wildman–Crippen MR) is 55.9 cm³/mol. The Hall–Kier alpha value is -0.550. The lowest BCUT2D eigenvalue weighted by Crippen LogP contribution is -2.15. The lowest BCUT2D eigenvalue weighted by molar-refractivity contribution is 0.353. The van der Waals surface area contributed by atoms with Crippen LogP contribution in [-0.4, -0.2) is 15.9 Å². The Labute approximate surface area is 87.6 Å². The largest absolute Gasteiger partial charge is 0.338 e. The highest BCUT2D eigenvalue weighted by Gasteiger charge is 2.36. The monoisotopic (exact) mass is 213 g/mol. The maximum absolute atomic E-state index is 5.67. The topological polar surface area (TPSA) is 64.9 Å². The minimum Gasteiger partial charge on any atom is -0.338 e. The van der Waals surface area contributed by atoms with E-state index in [1.165, 1.54) is 12.2 Å². The van der Waals surface area contributed by atoms with Gasteiger partial charge >= 0.3 is 0 Å². The lowest BCUT2D eigenvalue weighted by atomic mass is 10.1. The third-order valence-corrected chi connectivity index (χ3v) is 4.04. The highest BCUT2D eigenvalue weighted by atomic mass is 32.2. The molecule has 5 heteroatoms. The molecular weight excluding hydrogens is 198 g/mol. The fourth-order valence-corrected chi connectivity index (χ4v) is 2.83. The minimum absolute atomic E-state index is 0.0383. The van der Waals surface area contributed by atoms with Crippen molar-refractivity contribution >= 4 is 11.8 Å². The second kappa shape index (κ2) is 3.55. The fourth-order valence-electron chi connectivity index (χ4n) is 1.59. The van der Waals surface area contributed by atoms with E-state index in [2.05, 4.69) is 17.1 Å². The number of hydrogen-bond donors (Lipinski definition) is 1. The van der Waals surface area contributed by atoms with Gasteiger partial charge in [0.15, 0.2) is 5.82 Å². The molecule has 1 unspecified atom stereocenters. The first-order valence-electron chi connectivity index (χ1n) is 4.85. The molecule has 1 aromatic rings. The number of nitrogens with two attached hydrogens (primary N) is 1. The van der Waals surface area contributed by atoms with Crippen LogP contribution in [0.25, 0.3) is 0 Å². The average Bonchev–Trinajstić information content (AvgIpc) is 2.71. The van der Waals surface area contributed by atoms with Crippen LogP contribution in [0, 0.1) is 0 Å². The Morgan fingerprint density at radius 3 is 2.93 bits per heavy atom. The van der Waals surface area contributed by atoms with Crippen LogP contribution < -0.4 is 5.73 Å². The van der Waals surface area contributed by atoms with Gasteiger partial charge in [0.2, 0.25) is 5.89 Å². The molecule has 1 fully saturated rings. The van der Waals surface area contributed by atoms with Crippen molar-refractivity contribution in [3.05, 3.63) is 11.7 Å². The zero-order chi connectivity index (χ0) is 10.2. The van der Waals surface area contributed by atoms with Crippen molar-refractivity contribution in [3.63, 3.8) is 0 Å². The zero-order valence-electron chi connectivity index (χ0n) is 8.49. The van der Waals surface area contributed by atoms with Gasteiger partial charge in [-0.05, 0) is 32.4 Å². The fraction of sp³-hybridized carbons (Fsp3) is 0.778. The third kappa shape index (κ3) is 1.66. The van der Waals surface area contributed by atoms with E-state index in [0.29, 0.717) is 5.89 Å². The van der Waals surface area contributed by atoms with Crippen LogP contribution in [0.1, 0.15) is 44.4 Å². The molecule has 0 aromatic carbocycles. The van der Waals surface area contributed by atoms with Crippen LogP contribution in [0.3, 0.4) is 0 Å². The van der Waals surface area contributed by atoms with Crippen molar-refractivity contribution in [3.8, 4) is 0 Å². The van der Waals surface area contributed by atoms with E-state index in [-0.39, 0.29) is 10.8 Å². The molecule has 14 heavy (non-hydrogen) atoms. The molecule has 2 rings (SSSR count). The van der Waals surface area contributed by atoms with Gasteiger partial charge in [-0.15, -0.1) is 11.8 Å². The van der Waals surface area contributed by atoms with Gasteiger partial charge in [0.05, 0.1) is 10.8 Å². The molecule has 1 saturated heterocycles. The summed E-state index contributed by atoms with van der Waals surface area (Å²) in [6.07, 6.45) is 2.35. The summed E-state index contributed by atoms with van der Waals surface area (Å²) < 4.78 is 5.14. The Bertz CT molecular complexity index is 318. The number of hydrogen-bond acceptors (Lipinski definition) is 5. The van der Waals surface area contributed by atoms with Gasteiger partial charge < -0.3 is 10.3 Å². The number of aromatic nitrogens is 2. The Kier molecular flexibility index (Phi) is 2.53. The summed E-state index contributed by atoms with van der Waals surface area (Å²) in [6.45, 7) is 4.02. The first kappa shape index (κ1) is 9.98. The quantitative estimate of drug-likeness (QED) is 0.812. The predicted octanol–water partition coefficient (Wildman–Crippen LogP) is 1.83. The van der Waals surface area contributed by atoms with Gasteiger partial charge in [-0.2, -0.15) is 4.98 Å². The van der Waals surface area contributed by atoms with Crippen molar-refractivity contribution in [2.75, 3.05) is 5.75 Å². The summed E-state index contributed by atoms with van der Waals surface area (Å²) in [7, 11) is 0. The van der Waals surface area contributed by atoms with Gasteiger partial charge in [0.25, 0.3) is 0 Å². The second-order valence-electron chi connectivity index (χ2n) is 3.93. The number of nitrogens with zero attached hydrogens (tertiary/aromatic N) is 2. The van der Waals surface area contributed by atoms with Crippen molar-refractivity contribution in [2.45, 2.75) is 37.5 Å². The average molecular weight is 213 g/mol. The standard InChI is InChI=1S/C9H15N3OS/c1-6(10)7-11-8(12-13-7)9(2)4-3-5-14-9/h6H,3-5,10H2,1-2H3/t6-,9?/m1/s1. The van der Waals surface area contributed by atoms with E-state index < -0.39 is 0 Å². The summed E-state index contributed by atoms with van der Waals surface area (Å²) in [5.74, 6) is 2.51. The van der Waals surface area contributed by atoms with Crippen LogP contribution in [0.5, 0.6) is 0 Å². The van der Waals surface area contributed by atoms with Crippen LogP contribution in [0.2, 0.25) is 0 Å². The van der Waals surface area contributed by atoms with Crippen LogP contribution >= 0.6 is 11.8 Å². The smallest absolute Gasteiger partial charge is 0.243 e. The highest BCUT2D eigenvalue weighted by Crippen LogP contribution is 2.44. The molecule has 0 bridgehead atoms. The molecule has 1 aliphatic heterocycles. The zero-order valence-corrected chi connectivity index (χ0v) is 9.30. The second-order valence-corrected chi connectivity index (χ2v) is 5.53. The molecule has 0 amide bonds. The third-order valence-electron chi connectivity index (χ3n) is 2.52. The van der Waals surface area contributed by atoms with Gasteiger partial charge in [-0.1, -0.05) is 5.16 Å². The summed E-state index contributed by atoms with van der Waals surface area (Å²) >= 11 is 1.90. The first-order valence-corrected chi connectivity index (χ1v) is 5.84. The van der Waals surface area contributed by atoms with E-state index in [9.17, 15) is 0 Å². The van der Waals surface area contributed by atoms with Crippen LogP contribution in [0.4, 0.5) is 0 Å². The van der Waals surface area contributed by atoms with E-state index in [0.717, 1.165) is 12.2 Å². The Morgan fingerprint density at radius 2 is 2.43 bits per heavy atom. The molecule has 0 spiro atoms. The van der Waals surface area contributed by atoms with Crippen molar-refractivity contribution < 1.29 is 4.52 Å². The number of thioether (sulfide) groups is 1. The molecule has 2 atom stereocenters.